The van der Waals surface area contributed by atoms with Gasteiger partial charge in [0.25, 0.3) is 0 Å². The average molecular weight is 458 g/mol. The summed E-state index contributed by atoms with van der Waals surface area (Å²) in [5.41, 5.74) is 2.55. The normalized spacial score (nSPS) is 12.5. The molecule has 0 amide bonds. The van der Waals surface area contributed by atoms with Gasteiger partial charge >= 0.3 is 11.9 Å². The van der Waals surface area contributed by atoms with Crippen molar-refractivity contribution >= 4 is 46.9 Å². The van der Waals surface area contributed by atoms with Crippen molar-refractivity contribution < 1.29 is 24.2 Å². The number of carbonyl (C=O) groups excluding carboxylic acids is 1. The number of fused-ring (bicyclic) bond motifs is 1. The number of carboxylic acid groups (broad SMARTS) is 1. The Morgan fingerprint density at radius 1 is 1.14 bits per heavy atom. The molecule has 0 bridgehead atoms. The minimum Gasteiger partial charge on any atom is -0.481 e. The summed E-state index contributed by atoms with van der Waals surface area (Å²) in [7, 11) is 0. The van der Waals surface area contributed by atoms with Gasteiger partial charge in [0, 0.05) is 29.3 Å². The van der Waals surface area contributed by atoms with E-state index in [4.69, 9.17) is 37.8 Å². The van der Waals surface area contributed by atoms with E-state index in [0.29, 0.717) is 26.8 Å². The fourth-order valence-electron chi connectivity index (χ4n) is 2.71. The van der Waals surface area contributed by atoms with E-state index in [9.17, 15) is 9.59 Å². The number of aryl methyl sites for hydroxylation is 1. The van der Waals surface area contributed by atoms with Crippen LogP contribution in [0, 0.1) is 0 Å². The minimum atomic E-state index is -1.06. The first kappa shape index (κ1) is 21.6. The van der Waals surface area contributed by atoms with Crippen molar-refractivity contribution in [2.75, 3.05) is 6.79 Å². The predicted octanol–water partition coefficient (Wildman–Crippen LogP) is 3.70. The van der Waals surface area contributed by atoms with Crippen LogP contribution in [0.3, 0.4) is 0 Å². The van der Waals surface area contributed by atoms with E-state index in [1.807, 2.05) is 0 Å². The molecule has 2 aromatic heterocycles. The number of hydrogen-bond acceptors (Lipinski definition) is 8. The lowest BCUT2D eigenvalue weighted by Gasteiger charge is -2.12. The number of pyridine rings is 1. The summed E-state index contributed by atoms with van der Waals surface area (Å²) in [4.78, 5) is 35.0. The van der Waals surface area contributed by atoms with Crippen LogP contribution in [-0.2, 0) is 32.9 Å². The Hall–Kier alpha value is -2.10. The van der Waals surface area contributed by atoms with Crippen LogP contribution in [0.25, 0.3) is 0 Å². The van der Waals surface area contributed by atoms with E-state index in [1.54, 1.807) is 0 Å². The SMILES string of the molecule is O=C(O)CCC(=O)OCOc1nc(SCc2c(Cl)cncc2Cl)nc2c1CCC2. The summed E-state index contributed by atoms with van der Waals surface area (Å²) in [6, 6.07) is 0. The molecule has 11 heteroatoms. The van der Waals surface area contributed by atoms with E-state index in [2.05, 4.69) is 15.0 Å². The summed E-state index contributed by atoms with van der Waals surface area (Å²) in [6.07, 6.45) is 5.09. The fraction of sp³-hybridized carbons (Fsp3) is 0.389. The standard InChI is InChI=1S/C18H17Cl2N3O5S/c19-12-6-21-7-13(20)11(12)8-29-18-22-14-3-1-2-10(14)17(23-18)28-9-27-16(26)5-4-15(24)25/h6-7H,1-5,8-9H2,(H,24,25). The third-order valence-electron chi connectivity index (χ3n) is 4.13. The molecule has 0 saturated heterocycles. The first-order valence-corrected chi connectivity index (χ1v) is 10.5. The predicted molar refractivity (Wildman–Crippen MR) is 106 cm³/mol. The molecule has 2 aromatic rings. The molecule has 3 rings (SSSR count). The maximum Gasteiger partial charge on any atom is 0.309 e. The van der Waals surface area contributed by atoms with Crippen molar-refractivity contribution in [3.05, 3.63) is 39.3 Å². The Balaban J connectivity index is 1.65. The smallest absolute Gasteiger partial charge is 0.309 e. The highest BCUT2D eigenvalue weighted by Gasteiger charge is 2.21. The number of rotatable bonds is 9. The molecule has 1 N–H and O–H groups in total. The van der Waals surface area contributed by atoms with Crippen molar-refractivity contribution in [1.82, 2.24) is 15.0 Å². The van der Waals surface area contributed by atoms with Gasteiger partial charge in [0.05, 0.1) is 28.6 Å². The number of nitrogens with zero attached hydrogens (tertiary/aromatic N) is 3. The van der Waals surface area contributed by atoms with Gasteiger partial charge in [-0.2, -0.15) is 4.98 Å². The number of aliphatic carboxylic acids is 1. The summed E-state index contributed by atoms with van der Waals surface area (Å²) in [5, 5.41) is 10.0. The second-order valence-electron chi connectivity index (χ2n) is 6.13. The van der Waals surface area contributed by atoms with Crippen LogP contribution < -0.4 is 4.74 Å². The van der Waals surface area contributed by atoms with Gasteiger partial charge < -0.3 is 14.6 Å². The molecule has 8 nitrogen and oxygen atoms in total. The molecule has 2 heterocycles. The van der Waals surface area contributed by atoms with E-state index in [1.165, 1.54) is 24.2 Å². The van der Waals surface area contributed by atoms with Crippen LogP contribution in [0.2, 0.25) is 10.0 Å². The molecular weight excluding hydrogens is 441 g/mol. The van der Waals surface area contributed by atoms with E-state index in [-0.39, 0.29) is 19.6 Å². The molecule has 0 aromatic carbocycles. The molecule has 0 atom stereocenters. The van der Waals surface area contributed by atoms with Crippen molar-refractivity contribution in [1.29, 1.82) is 0 Å². The summed E-state index contributed by atoms with van der Waals surface area (Å²) < 4.78 is 10.5. The number of hydrogen-bond donors (Lipinski definition) is 1. The third-order valence-corrected chi connectivity index (χ3v) is 5.66. The molecule has 0 spiro atoms. The number of ether oxygens (including phenoxy) is 2. The number of esters is 1. The van der Waals surface area contributed by atoms with E-state index in [0.717, 1.165) is 36.1 Å². The number of halogens is 2. The van der Waals surface area contributed by atoms with Gasteiger partial charge in [0.1, 0.15) is 0 Å². The summed E-state index contributed by atoms with van der Waals surface area (Å²) >= 11 is 13.7. The molecule has 0 aliphatic heterocycles. The summed E-state index contributed by atoms with van der Waals surface area (Å²) in [5.74, 6) is -0.877. The Labute approximate surface area is 181 Å². The number of thioether (sulfide) groups is 1. The lowest BCUT2D eigenvalue weighted by atomic mass is 10.2. The molecule has 0 saturated carbocycles. The lowest BCUT2D eigenvalue weighted by Crippen LogP contribution is -2.13. The van der Waals surface area contributed by atoms with Gasteiger partial charge in [-0.1, -0.05) is 35.0 Å². The Kier molecular flexibility index (Phi) is 7.51. The molecule has 29 heavy (non-hydrogen) atoms. The van der Waals surface area contributed by atoms with E-state index >= 15 is 0 Å². The van der Waals surface area contributed by atoms with Crippen molar-refractivity contribution in [3.63, 3.8) is 0 Å². The molecule has 154 valence electrons. The first-order chi connectivity index (χ1) is 13.9. The van der Waals surface area contributed by atoms with Crippen LogP contribution in [0.15, 0.2) is 17.6 Å². The van der Waals surface area contributed by atoms with Gasteiger partial charge in [0.2, 0.25) is 12.7 Å². The second-order valence-corrected chi connectivity index (χ2v) is 7.89. The van der Waals surface area contributed by atoms with Crippen molar-refractivity contribution in [2.24, 2.45) is 0 Å². The van der Waals surface area contributed by atoms with Crippen LogP contribution in [0.5, 0.6) is 5.88 Å². The highest BCUT2D eigenvalue weighted by atomic mass is 35.5. The van der Waals surface area contributed by atoms with Crippen LogP contribution in [-0.4, -0.2) is 38.8 Å². The topological polar surface area (TPSA) is 112 Å². The maximum absolute atomic E-state index is 11.5. The molecule has 0 fully saturated rings. The van der Waals surface area contributed by atoms with Crippen molar-refractivity contribution in [3.8, 4) is 5.88 Å². The molecule has 0 radical (unpaired) electrons. The number of carboxylic acids is 1. The second kappa shape index (κ2) is 10.1. The van der Waals surface area contributed by atoms with Crippen LogP contribution >= 0.6 is 35.0 Å². The highest BCUT2D eigenvalue weighted by Crippen LogP contribution is 2.33. The molecule has 1 aliphatic carbocycles. The van der Waals surface area contributed by atoms with E-state index < -0.39 is 11.9 Å². The highest BCUT2D eigenvalue weighted by molar-refractivity contribution is 7.98. The van der Waals surface area contributed by atoms with Gasteiger partial charge in [-0.15, -0.1) is 0 Å². The van der Waals surface area contributed by atoms with Crippen molar-refractivity contribution in [2.45, 2.75) is 43.0 Å². The Morgan fingerprint density at radius 2 is 1.90 bits per heavy atom. The van der Waals surface area contributed by atoms with Gasteiger partial charge in [-0.3, -0.25) is 14.6 Å². The fourth-order valence-corrected chi connectivity index (χ4v) is 4.27. The quantitative estimate of drug-likeness (QED) is 0.260. The molecule has 1 aliphatic rings. The Morgan fingerprint density at radius 3 is 2.62 bits per heavy atom. The van der Waals surface area contributed by atoms with Crippen LogP contribution in [0.4, 0.5) is 0 Å². The number of aromatic nitrogens is 3. The Bertz CT molecular complexity index is 908. The average Bonchev–Trinajstić information content (AvgIpc) is 3.15. The maximum atomic E-state index is 11.5. The molecular formula is C18H17Cl2N3O5S. The van der Waals surface area contributed by atoms with Gasteiger partial charge in [-0.05, 0) is 19.3 Å². The first-order valence-electron chi connectivity index (χ1n) is 8.74. The zero-order chi connectivity index (χ0) is 20.8. The zero-order valence-corrected chi connectivity index (χ0v) is 17.5. The van der Waals surface area contributed by atoms with Crippen LogP contribution in [0.1, 0.15) is 36.1 Å². The summed E-state index contributed by atoms with van der Waals surface area (Å²) in [6.45, 7) is -0.339. The van der Waals surface area contributed by atoms with Gasteiger partial charge in [-0.25, -0.2) is 4.98 Å². The minimum absolute atomic E-state index is 0.213. The number of carbonyl (C=O) groups is 2. The largest absolute Gasteiger partial charge is 0.481 e. The molecule has 0 unspecified atom stereocenters. The zero-order valence-electron chi connectivity index (χ0n) is 15.2. The van der Waals surface area contributed by atoms with Gasteiger partial charge in [0.15, 0.2) is 5.16 Å². The lowest BCUT2D eigenvalue weighted by molar-refractivity contribution is -0.153. The third kappa shape index (κ3) is 5.94. The monoisotopic (exact) mass is 457 g/mol.